The number of nitrogen functional groups attached to an aromatic ring is 1. The lowest BCUT2D eigenvalue weighted by atomic mass is 9.91. The summed E-state index contributed by atoms with van der Waals surface area (Å²) in [5, 5.41) is 2.98. The third-order valence-corrected chi connectivity index (χ3v) is 5.33. The van der Waals surface area contributed by atoms with Crippen molar-refractivity contribution in [1.29, 1.82) is 0 Å². The predicted molar refractivity (Wildman–Crippen MR) is 96.3 cm³/mol. The molecule has 0 radical (unpaired) electrons. The number of hydrogen-bond donors (Lipinski definition) is 2. The molecule has 1 aromatic rings. The number of nitrogens with one attached hydrogen (secondary N) is 1. The zero-order chi connectivity index (χ0) is 17.9. The minimum absolute atomic E-state index is 0.213. The van der Waals surface area contributed by atoms with Gasteiger partial charge in [-0.05, 0) is 25.2 Å². The first-order valence-electron chi connectivity index (χ1n) is 8.40. The lowest BCUT2D eigenvalue weighted by molar-refractivity contribution is 0.0524. The number of piperidine rings is 1. The average Bonchev–Trinajstić information content (AvgIpc) is 2.82. The lowest BCUT2D eigenvalue weighted by Crippen LogP contribution is -2.38. The minimum atomic E-state index is -0.450. The Morgan fingerprint density at radius 3 is 2.50 bits per heavy atom. The Morgan fingerprint density at radius 2 is 1.96 bits per heavy atom. The van der Waals surface area contributed by atoms with E-state index in [2.05, 4.69) is 24.1 Å². The van der Waals surface area contributed by atoms with Crippen molar-refractivity contribution in [3.8, 4) is 0 Å². The van der Waals surface area contributed by atoms with Crippen LogP contribution in [-0.2, 0) is 11.3 Å². The van der Waals surface area contributed by atoms with E-state index in [-0.39, 0.29) is 12.5 Å². The topological polar surface area (TPSA) is 84.7 Å². The normalized spacial score (nSPS) is 21.5. The van der Waals surface area contributed by atoms with Crippen LogP contribution in [0.5, 0.6) is 0 Å². The van der Waals surface area contributed by atoms with Crippen LogP contribution in [0.3, 0.4) is 0 Å². The number of nitrogens with zero attached hydrogens (tertiary/aromatic N) is 1. The first-order valence-corrected chi connectivity index (χ1v) is 9.21. The highest BCUT2D eigenvalue weighted by Gasteiger charge is 2.30. The number of nitrogens with two attached hydrogens (primary N) is 1. The van der Waals surface area contributed by atoms with Gasteiger partial charge in [0.1, 0.15) is 5.00 Å². The maximum absolute atomic E-state index is 12.3. The Kier molecular flexibility index (Phi) is 6.23. The molecule has 3 N–H and O–H groups in total. The van der Waals surface area contributed by atoms with Crippen molar-refractivity contribution in [2.75, 3.05) is 32.5 Å². The molecular weight excluding hydrogens is 326 g/mol. The number of likely N-dealkylation sites (tertiary alicyclic amines) is 1. The number of anilines is 1. The third-order valence-electron chi connectivity index (χ3n) is 4.27. The molecule has 1 aliphatic rings. The molecule has 0 saturated carbocycles. The van der Waals surface area contributed by atoms with Crippen molar-refractivity contribution < 1.29 is 14.3 Å². The van der Waals surface area contributed by atoms with Crippen molar-refractivity contribution in [3.63, 3.8) is 0 Å². The molecule has 0 aromatic carbocycles. The number of thiophene rings is 1. The Balaban J connectivity index is 2.37. The van der Waals surface area contributed by atoms with Gasteiger partial charge in [0, 0.05) is 32.2 Å². The van der Waals surface area contributed by atoms with E-state index in [1.54, 1.807) is 14.0 Å². The van der Waals surface area contributed by atoms with Gasteiger partial charge in [-0.3, -0.25) is 9.69 Å². The number of rotatable bonds is 5. The van der Waals surface area contributed by atoms with Crippen LogP contribution in [0.25, 0.3) is 0 Å². The molecule has 0 bridgehead atoms. The largest absolute Gasteiger partial charge is 0.462 e. The third kappa shape index (κ3) is 4.08. The highest BCUT2D eigenvalue weighted by Crippen LogP contribution is 2.34. The van der Waals surface area contributed by atoms with Crippen molar-refractivity contribution in [3.05, 3.63) is 16.0 Å². The number of ether oxygens (including phenoxy) is 1. The summed E-state index contributed by atoms with van der Waals surface area (Å²) in [5.41, 5.74) is 7.09. The number of amides is 1. The summed E-state index contributed by atoms with van der Waals surface area (Å²) in [5.74, 6) is 0.531. The number of esters is 1. The standard InChI is InChI=1S/C17H27N3O3S/c1-5-23-17(22)13-12(14(16(21)19-4)24-15(13)18)9-20-7-10(2)6-11(3)8-20/h10-11H,5-9,18H2,1-4H3,(H,19,21)/t10-,11+. The Hall–Kier alpha value is -1.60. The van der Waals surface area contributed by atoms with Crippen LogP contribution in [0, 0.1) is 11.8 Å². The number of carbonyl (C=O) groups excluding carboxylic acids is 2. The van der Waals surface area contributed by atoms with E-state index >= 15 is 0 Å². The fourth-order valence-corrected chi connectivity index (χ4v) is 4.52. The van der Waals surface area contributed by atoms with Crippen LogP contribution in [0.4, 0.5) is 5.00 Å². The lowest BCUT2D eigenvalue weighted by Gasteiger charge is -2.35. The van der Waals surface area contributed by atoms with E-state index in [0.29, 0.717) is 39.4 Å². The van der Waals surface area contributed by atoms with Gasteiger partial charge in [0.25, 0.3) is 5.91 Å². The monoisotopic (exact) mass is 353 g/mol. The molecule has 0 unspecified atom stereocenters. The molecule has 1 saturated heterocycles. The first kappa shape index (κ1) is 18.7. The molecule has 1 amide bonds. The summed E-state index contributed by atoms with van der Waals surface area (Å²) in [6.07, 6.45) is 1.20. The summed E-state index contributed by atoms with van der Waals surface area (Å²) >= 11 is 1.16. The molecule has 6 nitrogen and oxygen atoms in total. The fraction of sp³-hybridized carbons (Fsp3) is 0.647. The van der Waals surface area contributed by atoms with Crippen LogP contribution in [0.15, 0.2) is 0 Å². The van der Waals surface area contributed by atoms with E-state index in [1.165, 1.54) is 6.42 Å². The Bertz CT molecular complexity index is 604. The zero-order valence-corrected chi connectivity index (χ0v) is 15.7. The second kappa shape index (κ2) is 7.98. The van der Waals surface area contributed by atoms with Gasteiger partial charge < -0.3 is 15.8 Å². The van der Waals surface area contributed by atoms with Crippen LogP contribution in [0.1, 0.15) is 52.8 Å². The molecule has 2 atom stereocenters. The summed E-state index contributed by atoms with van der Waals surface area (Å²) in [6, 6.07) is 0. The van der Waals surface area contributed by atoms with Crippen molar-refractivity contribution >= 4 is 28.2 Å². The highest BCUT2D eigenvalue weighted by molar-refractivity contribution is 7.18. The second-order valence-corrected chi connectivity index (χ2v) is 7.64. The van der Waals surface area contributed by atoms with Gasteiger partial charge in [-0.25, -0.2) is 4.79 Å². The van der Waals surface area contributed by atoms with Crippen LogP contribution < -0.4 is 11.1 Å². The summed E-state index contributed by atoms with van der Waals surface area (Å²) in [6.45, 7) is 8.95. The molecule has 1 aliphatic heterocycles. The molecule has 1 fully saturated rings. The summed E-state index contributed by atoms with van der Waals surface area (Å²) in [4.78, 5) is 27.4. The Labute approximate surface area is 147 Å². The van der Waals surface area contributed by atoms with Crippen LogP contribution in [0.2, 0.25) is 0 Å². The first-order chi connectivity index (χ1) is 11.4. The summed E-state index contributed by atoms with van der Waals surface area (Å²) in [7, 11) is 1.58. The average molecular weight is 353 g/mol. The quantitative estimate of drug-likeness (QED) is 0.794. The molecule has 2 rings (SSSR count). The zero-order valence-electron chi connectivity index (χ0n) is 14.8. The predicted octanol–water partition coefficient (Wildman–Crippen LogP) is 2.34. The van der Waals surface area contributed by atoms with Gasteiger partial charge in [-0.2, -0.15) is 0 Å². The molecule has 7 heteroatoms. The van der Waals surface area contributed by atoms with Crippen LogP contribution >= 0.6 is 11.3 Å². The Morgan fingerprint density at radius 1 is 1.33 bits per heavy atom. The van der Waals surface area contributed by atoms with E-state index in [1.807, 2.05) is 0 Å². The van der Waals surface area contributed by atoms with Crippen molar-refractivity contribution in [2.24, 2.45) is 11.8 Å². The highest BCUT2D eigenvalue weighted by atomic mass is 32.1. The van der Waals surface area contributed by atoms with Gasteiger partial charge in [0.05, 0.1) is 17.0 Å². The summed E-state index contributed by atoms with van der Waals surface area (Å²) < 4.78 is 5.15. The molecule has 0 spiro atoms. The van der Waals surface area contributed by atoms with Gasteiger partial charge in [0.15, 0.2) is 0 Å². The SMILES string of the molecule is CCOC(=O)c1c(N)sc(C(=O)NC)c1CN1C[C@H](C)C[C@H](C)C1. The number of carbonyl (C=O) groups is 2. The van der Waals surface area contributed by atoms with Crippen molar-refractivity contribution in [2.45, 2.75) is 33.7 Å². The van der Waals surface area contributed by atoms with Gasteiger partial charge in [0.2, 0.25) is 0 Å². The van der Waals surface area contributed by atoms with Gasteiger partial charge in [-0.1, -0.05) is 13.8 Å². The van der Waals surface area contributed by atoms with Crippen LogP contribution in [-0.4, -0.2) is 43.5 Å². The fourth-order valence-electron chi connectivity index (χ4n) is 3.50. The maximum atomic E-state index is 12.3. The maximum Gasteiger partial charge on any atom is 0.341 e. The molecule has 2 heterocycles. The van der Waals surface area contributed by atoms with Gasteiger partial charge in [-0.15, -0.1) is 11.3 Å². The smallest absolute Gasteiger partial charge is 0.341 e. The van der Waals surface area contributed by atoms with E-state index < -0.39 is 5.97 Å². The second-order valence-electron chi connectivity index (χ2n) is 6.59. The van der Waals surface area contributed by atoms with E-state index in [9.17, 15) is 9.59 Å². The van der Waals surface area contributed by atoms with Crippen molar-refractivity contribution in [1.82, 2.24) is 10.2 Å². The molecular formula is C17H27N3O3S. The molecule has 0 aliphatic carbocycles. The molecule has 134 valence electrons. The minimum Gasteiger partial charge on any atom is -0.462 e. The molecule has 24 heavy (non-hydrogen) atoms. The van der Waals surface area contributed by atoms with E-state index in [0.717, 1.165) is 24.4 Å². The molecule has 1 aromatic heterocycles. The number of hydrogen-bond acceptors (Lipinski definition) is 6. The van der Waals surface area contributed by atoms with Gasteiger partial charge >= 0.3 is 5.97 Å². The van der Waals surface area contributed by atoms with E-state index in [4.69, 9.17) is 10.5 Å².